The van der Waals surface area contributed by atoms with Gasteiger partial charge in [-0.25, -0.2) is 0 Å². The maximum absolute atomic E-state index is 13.5. The molecule has 2 aromatic rings. The first kappa shape index (κ1) is 22.2. The number of hydrogen-bond acceptors (Lipinski definition) is 5. The highest BCUT2D eigenvalue weighted by Crippen LogP contribution is 2.60. The van der Waals surface area contributed by atoms with Gasteiger partial charge in [0.25, 0.3) is 0 Å². The van der Waals surface area contributed by atoms with Gasteiger partial charge in [-0.3, -0.25) is 9.59 Å². The molecule has 0 aliphatic heterocycles. The minimum Gasteiger partial charge on any atom is -0.469 e. The average Bonchev–Trinajstić information content (AvgIpc) is 3.12. The minimum atomic E-state index is -0.661. The molecule has 176 valence electrons. The van der Waals surface area contributed by atoms with Crippen molar-refractivity contribution in [3.63, 3.8) is 0 Å². The first-order valence-corrected chi connectivity index (χ1v) is 12.1. The number of carbonyl (C=O) groups excluding carboxylic acids is 2. The molecule has 1 amide bonds. The van der Waals surface area contributed by atoms with Crippen LogP contribution in [0.1, 0.15) is 63.0 Å². The average molecular weight is 451 g/mol. The number of ether oxygens (including phenoxy) is 1. The fraction of sp³-hybridized carbons (Fsp3) is 0.593. The Morgan fingerprint density at radius 1 is 1.09 bits per heavy atom. The second kappa shape index (κ2) is 7.71. The van der Waals surface area contributed by atoms with Crippen LogP contribution >= 0.6 is 0 Å². The van der Waals surface area contributed by atoms with E-state index in [-0.39, 0.29) is 23.3 Å². The highest BCUT2D eigenvalue weighted by molar-refractivity contribution is 5.88. The van der Waals surface area contributed by atoms with E-state index in [2.05, 4.69) is 10.5 Å². The molecule has 0 spiro atoms. The minimum absolute atomic E-state index is 0.0506. The maximum Gasteiger partial charge on any atom is 0.311 e. The number of rotatable bonds is 5. The van der Waals surface area contributed by atoms with Crippen molar-refractivity contribution in [1.29, 1.82) is 0 Å². The molecule has 0 saturated heterocycles. The summed E-state index contributed by atoms with van der Waals surface area (Å²) in [5.74, 6) is 2.10. The summed E-state index contributed by atoms with van der Waals surface area (Å²) in [4.78, 5) is 26.1. The zero-order valence-corrected chi connectivity index (χ0v) is 20.2. The van der Waals surface area contributed by atoms with Crippen LogP contribution < -0.4 is 5.32 Å². The van der Waals surface area contributed by atoms with Crippen LogP contribution in [0, 0.1) is 37.0 Å². The quantitative estimate of drug-likeness (QED) is 0.667. The van der Waals surface area contributed by atoms with E-state index in [0.717, 1.165) is 60.2 Å². The van der Waals surface area contributed by atoms with Gasteiger partial charge >= 0.3 is 5.97 Å². The molecule has 6 heteroatoms. The van der Waals surface area contributed by atoms with Crippen LogP contribution in [0.3, 0.4) is 0 Å². The monoisotopic (exact) mass is 450 g/mol. The Morgan fingerprint density at radius 2 is 1.73 bits per heavy atom. The second-order valence-corrected chi connectivity index (χ2v) is 11.1. The first-order valence-electron chi connectivity index (χ1n) is 12.1. The third kappa shape index (κ3) is 3.49. The van der Waals surface area contributed by atoms with E-state index in [1.165, 1.54) is 7.11 Å². The van der Waals surface area contributed by atoms with Crippen LogP contribution in [0.15, 0.2) is 28.8 Å². The molecule has 33 heavy (non-hydrogen) atoms. The molecule has 0 radical (unpaired) electrons. The van der Waals surface area contributed by atoms with Crippen molar-refractivity contribution in [3.05, 3.63) is 41.3 Å². The van der Waals surface area contributed by atoms with Gasteiger partial charge in [0.2, 0.25) is 5.91 Å². The molecule has 4 saturated carbocycles. The summed E-state index contributed by atoms with van der Waals surface area (Å²) in [6.45, 7) is 7.82. The van der Waals surface area contributed by atoms with Crippen LogP contribution in [-0.2, 0) is 19.7 Å². The third-order valence-electron chi connectivity index (χ3n) is 8.69. The maximum atomic E-state index is 13.5. The lowest BCUT2D eigenvalue weighted by molar-refractivity contribution is -0.171. The van der Waals surface area contributed by atoms with Gasteiger partial charge in [-0.05, 0) is 88.7 Å². The number of methoxy groups -OCH3 is 1. The van der Waals surface area contributed by atoms with Crippen molar-refractivity contribution in [3.8, 4) is 11.1 Å². The fourth-order valence-corrected chi connectivity index (χ4v) is 7.14. The molecule has 4 aliphatic rings. The van der Waals surface area contributed by atoms with Crippen LogP contribution in [0.5, 0.6) is 0 Å². The molecule has 6 rings (SSSR count). The number of amides is 1. The molecule has 4 aliphatic carbocycles. The number of nitrogens with zero attached hydrogens (tertiary/aromatic N) is 1. The van der Waals surface area contributed by atoms with Gasteiger partial charge in [0, 0.05) is 11.6 Å². The second-order valence-electron chi connectivity index (χ2n) is 11.1. The lowest BCUT2D eigenvalue weighted by atomic mass is 9.48. The van der Waals surface area contributed by atoms with Crippen LogP contribution in [0.4, 0.5) is 0 Å². The summed E-state index contributed by atoms with van der Waals surface area (Å²) in [5, 5.41) is 7.47. The number of aromatic nitrogens is 1. The van der Waals surface area contributed by atoms with Gasteiger partial charge in [-0.15, -0.1) is 0 Å². The molecule has 4 bridgehead atoms. The Hall–Kier alpha value is -2.63. The first-order chi connectivity index (χ1) is 15.6. The third-order valence-corrected chi connectivity index (χ3v) is 8.69. The van der Waals surface area contributed by atoms with Crippen molar-refractivity contribution >= 4 is 11.9 Å². The van der Waals surface area contributed by atoms with E-state index in [1.54, 1.807) is 0 Å². The Labute approximate surface area is 195 Å². The zero-order valence-electron chi connectivity index (χ0n) is 20.2. The summed E-state index contributed by atoms with van der Waals surface area (Å²) in [5.41, 5.74) is 2.91. The summed E-state index contributed by atoms with van der Waals surface area (Å²) in [6, 6.07) is 8.29. The summed E-state index contributed by atoms with van der Waals surface area (Å²) >= 11 is 0. The Bertz CT molecular complexity index is 1050. The van der Waals surface area contributed by atoms with Gasteiger partial charge in [0.1, 0.15) is 5.76 Å². The van der Waals surface area contributed by atoms with E-state index >= 15 is 0 Å². The van der Waals surface area contributed by atoms with Crippen molar-refractivity contribution in [2.75, 3.05) is 7.11 Å². The molecule has 2 atom stereocenters. The standard InChI is InChI=1S/C27H34N2O4/c1-15-22(16(2)33-29-15)18-6-8-21(9-7-18)26(3,4)24(30)28-23-19-10-17-11-20(23)14-27(12-17,13-19)25(31)32-5/h6-9,17,19-20,23H,10-14H2,1-5H3,(H,28,30). The van der Waals surface area contributed by atoms with Gasteiger partial charge in [0.05, 0.1) is 23.6 Å². The smallest absolute Gasteiger partial charge is 0.311 e. The Kier molecular flexibility index (Phi) is 5.18. The number of aryl methyl sites for hydroxylation is 2. The lowest BCUT2D eigenvalue weighted by Gasteiger charge is -2.58. The predicted octanol–water partition coefficient (Wildman–Crippen LogP) is 4.72. The predicted molar refractivity (Wildman–Crippen MR) is 124 cm³/mol. The van der Waals surface area contributed by atoms with Crippen molar-refractivity contribution < 1.29 is 18.8 Å². The largest absolute Gasteiger partial charge is 0.469 e. The number of carbonyl (C=O) groups is 2. The number of benzene rings is 1. The van der Waals surface area contributed by atoms with Gasteiger partial charge < -0.3 is 14.6 Å². The van der Waals surface area contributed by atoms with Crippen LogP contribution in [-0.4, -0.2) is 30.2 Å². The molecule has 6 nitrogen and oxygen atoms in total. The molecule has 2 unspecified atom stereocenters. The van der Waals surface area contributed by atoms with E-state index in [0.29, 0.717) is 17.8 Å². The summed E-state index contributed by atoms with van der Waals surface area (Å²) < 4.78 is 10.5. The molecule has 1 N–H and O–H groups in total. The van der Waals surface area contributed by atoms with Gasteiger partial charge in [0.15, 0.2) is 0 Å². The van der Waals surface area contributed by atoms with Crippen LogP contribution in [0.25, 0.3) is 11.1 Å². The molecular weight excluding hydrogens is 416 g/mol. The van der Waals surface area contributed by atoms with E-state index in [1.807, 2.05) is 52.0 Å². The van der Waals surface area contributed by atoms with Crippen LogP contribution in [0.2, 0.25) is 0 Å². The fourth-order valence-electron chi connectivity index (χ4n) is 7.14. The van der Waals surface area contributed by atoms with Crippen molar-refractivity contribution in [2.24, 2.45) is 23.2 Å². The Balaban J connectivity index is 1.32. The lowest BCUT2D eigenvalue weighted by Crippen LogP contribution is -2.62. The number of nitrogens with one attached hydrogen (secondary N) is 1. The van der Waals surface area contributed by atoms with Gasteiger partial charge in [-0.1, -0.05) is 29.4 Å². The number of hydrogen-bond donors (Lipinski definition) is 1. The van der Waals surface area contributed by atoms with Crippen molar-refractivity contribution in [1.82, 2.24) is 10.5 Å². The molecule has 1 heterocycles. The van der Waals surface area contributed by atoms with E-state index in [9.17, 15) is 9.59 Å². The highest BCUT2D eigenvalue weighted by Gasteiger charge is 2.59. The van der Waals surface area contributed by atoms with Crippen molar-refractivity contribution in [2.45, 2.75) is 71.3 Å². The SMILES string of the molecule is COC(=O)C12CC3CC(C1)C(NC(=O)C(C)(C)c1ccc(-c4c(C)noc4C)cc1)C(C3)C2. The van der Waals surface area contributed by atoms with E-state index in [4.69, 9.17) is 9.26 Å². The normalized spacial score (nSPS) is 30.3. The topological polar surface area (TPSA) is 81.4 Å². The molecule has 4 fully saturated rings. The Morgan fingerprint density at radius 3 is 2.27 bits per heavy atom. The summed E-state index contributed by atoms with van der Waals surface area (Å²) in [7, 11) is 1.50. The van der Waals surface area contributed by atoms with E-state index < -0.39 is 5.41 Å². The van der Waals surface area contributed by atoms with Gasteiger partial charge in [-0.2, -0.15) is 0 Å². The zero-order chi connectivity index (χ0) is 23.5. The summed E-state index contributed by atoms with van der Waals surface area (Å²) in [6.07, 6.45) is 4.84. The molecule has 1 aromatic carbocycles. The molecule has 1 aromatic heterocycles. The number of esters is 1. The molecular formula is C27H34N2O4. The highest BCUT2D eigenvalue weighted by atomic mass is 16.5.